The molecule has 10 heteroatoms. The molecule has 1 aliphatic rings. The van der Waals surface area contributed by atoms with E-state index in [1.165, 1.54) is 16.7 Å². The Balaban J connectivity index is 1.94. The van der Waals surface area contributed by atoms with E-state index in [-0.39, 0.29) is 29.8 Å². The molecule has 0 unspecified atom stereocenters. The zero-order valence-electron chi connectivity index (χ0n) is 13.8. The van der Waals surface area contributed by atoms with E-state index in [2.05, 4.69) is 15.2 Å². The normalized spacial score (nSPS) is 22.5. The second kappa shape index (κ2) is 6.26. The first kappa shape index (κ1) is 17.1. The summed E-state index contributed by atoms with van der Waals surface area (Å²) in [5, 5.41) is 17.9. The van der Waals surface area contributed by atoms with Crippen molar-refractivity contribution < 1.29 is 18.0 Å². The van der Waals surface area contributed by atoms with E-state index in [9.17, 15) is 13.5 Å². The van der Waals surface area contributed by atoms with Crippen LogP contribution in [-0.4, -0.2) is 50.4 Å². The number of aryl methyl sites for hydroxylation is 1. The number of nitrogens with zero attached hydrogens (tertiary/aromatic N) is 5. The second-order valence-electron chi connectivity index (χ2n) is 6.13. The number of β-amino-alcohol motifs (C(OH)–C–C–N with tert-alkyl or cyclic N) is 1. The van der Waals surface area contributed by atoms with Crippen LogP contribution in [0.15, 0.2) is 21.8 Å². The standard InChI is InChI=1S/C14H21N5O4S/c1-4-13-16-14(23-17-13)12-5-10(20)7-19(12)24(21,22)11-6-15-18(8-11)9(2)3/h6,8-10,12,20H,4-5,7H2,1-3H3/t10-,12+/m0/s1. The largest absolute Gasteiger partial charge is 0.392 e. The zero-order valence-corrected chi connectivity index (χ0v) is 14.6. The summed E-state index contributed by atoms with van der Waals surface area (Å²) < 4.78 is 33.9. The highest BCUT2D eigenvalue weighted by Gasteiger charge is 2.43. The minimum absolute atomic E-state index is 0.0102. The Morgan fingerprint density at radius 3 is 2.79 bits per heavy atom. The predicted molar refractivity (Wildman–Crippen MR) is 83.5 cm³/mol. The van der Waals surface area contributed by atoms with Crippen LogP contribution in [0.25, 0.3) is 0 Å². The summed E-state index contributed by atoms with van der Waals surface area (Å²) in [6.45, 7) is 5.70. The highest BCUT2D eigenvalue weighted by molar-refractivity contribution is 7.89. The van der Waals surface area contributed by atoms with Crippen molar-refractivity contribution in [1.82, 2.24) is 24.2 Å². The van der Waals surface area contributed by atoms with Crippen LogP contribution < -0.4 is 0 Å². The lowest BCUT2D eigenvalue weighted by atomic mass is 10.2. The summed E-state index contributed by atoms with van der Waals surface area (Å²) in [4.78, 5) is 4.31. The topological polar surface area (TPSA) is 114 Å². The van der Waals surface area contributed by atoms with Gasteiger partial charge in [0.1, 0.15) is 10.9 Å². The third kappa shape index (κ3) is 2.96. The van der Waals surface area contributed by atoms with Gasteiger partial charge >= 0.3 is 0 Å². The van der Waals surface area contributed by atoms with Crippen LogP contribution in [-0.2, 0) is 16.4 Å². The van der Waals surface area contributed by atoms with Gasteiger partial charge in [0.15, 0.2) is 5.82 Å². The molecule has 0 spiro atoms. The zero-order chi connectivity index (χ0) is 17.5. The van der Waals surface area contributed by atoms with Crippen LogP contribution in [0.2, 0.25) is 0 Å². The van der Waals surface area contributed by atoms with Crippen LogP contribution in [0.4, 0.5) is 0 Å². The fourth-order valence-electron chi connectivity index (χ4n) is 2.69. The predicted octanol–water partition coefficient (Wildman–Crippen LogP) is 0.906. The molecule has 2 aromatic rings. The number of sulfonamides is 1. The Morgan fingerprint density at radius 1 is 1.46 bits per heavy atom. The molecule has 1 saturated heterocycles. The van der Waals surface area contributed by atoms with Crippen LogP contribution in [0.3, 0.4) is 0 Å². The summed E-state index contributed by atoms with van der Waals surface area (Å²) >= 11 is 0. The van der Waals surface area contributed by atoms with Crippen molar-refractivity contribution in [1.29, 1.82) is 0 Å². The van der Waals surface area contributed by atoms with E-state index in [1.54, 1.807) is 4.68 Å². The van der Waals surface area contributed by atoms with Crippen LogP contribution in [0.1, 0.15) is 51.0 Å². The number of hydrogen-bond donors (Lipinski definition) is 1. The Morgan fingerprint density at radius 2 is 2.21 bits per heavy atom. The lowest BCUT2D eigenvalue weighted by Gasteiger charge is -2.20. The maximum Gasteiger partial charge on any atom is 0.247 e. The first-order chi connectivity index (χ1) is 11.3. The van der Waals surface area contributed by atoms with Crippen molar-refractivity contribution in [2.24, 2.45) is 0 Å². The van der Waals surface area contributed by atoms with Crippen LogP contribution in [0.5, 0.6) is 0 Å². The molecule has 0 radical (unpaired) electrons. The summed E-state index contributed by atoms with van der Waals surface area (Å²) in [5.74, 6) is 0.722. The van der Waals surface area contributed by atoms with E-state index in [4.69, 9.17) is 4.52 Å². The third-order valence-electron chi connectivity index (χ3n) is 4.03. The van der Waals surface area contributed by atoms with Gasteiger partial charge in [0.25, 0.3) is 0 Å². The maximum absolute atomic E-state index is 12.9. The van der Waals surface area contributed by atoms with Gasteiger partial charge in [0, 0.05) is 31.6 Å². The maximum atomic E-state index is 12.9. The molecule has 0 aromatic carbocycles. The minimum atomic E-state index is -3.82. The average Bonchev–Trinajstić information content (AvgIpc) is 3.25. The molecule has 2 aromatic heterocycles. The molecule has 0 amide bonds. The van der Waals surface area contributed by atoms with E-state index in [1.807, 2.05) is 20.8 Å². The number of hydrogen-bond acceptors (Lipinski definition) is 7. The quantitative estimate of drug-likeness (QED) is 0.847. The van der Waals surface area contributed by atoms with E-state index in [0.29, 0.717) is 12.2 Å². The monoisotopic (exact) mass is 355 g/mol. The fraction of sp³-hybridized carbons (Fsp3) is 0.643. The fourth-order valence-corrected chi connectivity index (χ4v) is 4.26. The number of aliphatic hydroxyl groups is 1. The van der Waals surface area contributed by atoms with E-state index in [0.717, 1.165) is 0 Å². The van der Waals surface area contributed by atoms with Crippen molar-refractivity contribution in [3.63, 3.8) is 0 Å². The Hall–Kier alpha value is -1.78. The van der Waals surface area contributed by atoms with E-state index < -0.39 is 22.2 Å². The van der Waals surface area contributed by atoms with Crippen LogP contribution >= 0.6 is 0 Å². The van der Waals surface area contributed by atoms with Gasteiger partial charge in [-0.25, -0.2) is 8.42 Å². The van der Waals surface area contributed by atoms with Gasteiger partial charge < -0.3 is 9.63 Å². The lowest BCUT2D eigenvalue weighted by Crippen LogP contribution is -2.31. The van der Waals surface area contributed by atoms with Crippen molar-refractivity contribution in [3.05, 3.63) is 24.1 Å². The molecule has 2 atom stereocenters. The Labute approximate surface area is 140 Å². The minimum Gasteiger partial charge on any atom is -0.392 e. The molecule has 0 saturated carbocycles. The van der Waals surface area contributed by atoms with Crippen molar-refractivity contribution in [3.8, 4) is 0 Å². The third-order valence-corrected chi connectivity index (χ3v) is 5.86. The average molecular weight is 355 g/mol. The molecule has 132 valence electrons. The molecular weight excluding hydrogens is 334 g/mol. The smallest absolute Gasteiger partial charge is 0.247 e. The van der Waals surface area contributed by atoms with Gasteiger partial charge in [-0.15, -0.1) is 0 Å². The molecule has 24 heavy (non-hydrogen) atoms. The van der Waals surface area contributed by atoms with Gasteiger partial charge in [-0.2, -0.15) is 14.4 Å². The summed E-state index contributed by atoms with van der Waals surface area (Å²) in [5.41, 5.74) is 0. The number of aliphatic hydroxyl groups excluding tert-OH is 1. The molecule has 9 nitrogen and oxygen atoms in total. The SMILES string of the molecule is CCc1noc([C@H]2C[C@H](O)CN2S(=O)(=O)c2cnn(C(C)C)c2)n1. The molecule has 3 rings (SSSR count). The van der Waals surface area contributed by atoms with Gasteiger partial charge in [0.05, 0.1) is 12.3 Å². The lowest BCUT2D eigenvalue weighted by molar-refractivity contribution is 0.188. The summed E-state index contributed by atoms with van der Waals surface area (Å²) in [7, 11) is -3.82. The Bertz CT molecular complexity index is 813. The summed E-state index contributed by atoms with van der Waals surface area (Å²) in [6.07, 6.45) is 2.85. The molecule has 1 aliphatic heterocycles. The van der Waals surface area contributed by atoms with Crippen LogP contribution in [0, 0.1) is 0 Å². The highest BCUT2D eigenvalue weighted by atomic mass is 32.2. The van der Waals surface area contributed by atoms with Crippen molar-refractivity contribution in [2.75, 3.05) is 6.54 Å². The highest BCUT2D eigenvalue weighted by Crippen LogP contribution is 2.36. The molecule has 3 heterocycles. The first-order valence-corrected chi connectivity index (χ1v) is 9.33. The first-order valence-electron chi connectivity index (χ1n) is 7.89. The second-order valence-corrected chi connectivity index (χ2v) is 8.02. The molecule has 0 aliphatic carbocycles. The van der Waals surface area contributed by atoms with Gasteiger partial charge in [-0.1, -0.05) is 12.1 Å². The number of aromatic nitrogens is 4. The van der Waals surface area contributed by atoms with Crippen molar-refractivity contribution in [2.45, 2.75) is 56.7 Å². The van der Waals surface area contributed by atoms with Gasteiger partial charge in [-0.05, 0) is 13.8 Å². The molecule has 1 N–H and O–H groups in total. The van der Waals surface area contributed by atoms with E-state index >= 15 is 0 Å². The number of rotatable bonds is 5. The molecular formula is C14H21N5O4S. The van der Waals surface area contributed by atoms with Crippen molar-refractivity contribution >= 4 is 10.0 Å². The van der Waals surface area contributed by atoms with Gasteiger partial charge in [0.2, 0.25) is 15.9 Å². The molecule has 1 fully saturated rings. The summed E-state index contributed by atoms with van der Waals surface area (Å²) in [6, 6.07) is -0.614. The van der Waals surface area contributed by atoms with Gasteiger partial charge in [-0.3, -0.25) is 4.68 Å². The molecule has 0 bridgehead atoms. The Kier molecular flexibility index (Phi) is 4.45.